The van der Waals surface area contributed by atoms with E-state index in [-0.39, 0.29) is 5.82 Å². The van der Waals surface area contributed by atoms with Gasteiger partial charge >= 0.3 is 0 Å². The smallest absolute Gasteiger partial charge is 0.124 e. The quantitative estimate of drug-likeness (QED) is 0.943. The molecular formula is C11H9BrFNOS. The van der Waals surface area contributed by atoms with Crippen molar-refractivity contribution in [3.05, 3.63) is 50.6 Å². The van der Waals surface area contributed by atoms with Gasteiger partial charge in [0.2, 0.25) is 0 Å². The van der Waals surface area contributed by atoms with Gasteiger partial charge in [0, 0.05) is 22.0 Å². The van der Waals surface area contributed by atoms with Crippen LogP contribution in [0.15, 0.2) is 34.4 Å². The molecule has 0 spiro atoms. The summed E-state index contributed by atoms with van der Waals surface area (Å²) in [7, 11) is 0. The van der Waals surface area contributed by atoms with E-state index < -0.39 is 6.10 Å². The van der Waals surface area contributed by atoms with Crippen molar-refractivity contribution in [2.75, 3.05) is 0 Å². The molecular weight excluding hydrogens is 293 g/mol. The summed E-state index contributed by atoms with van der Waals surface area (Å²) in [5.74, 6) is -0.354. The molecule has 1 aromatic heterocycles. The van der Waals surface area contributed by atoms with Gasteiger partial charge in [-0.3, -0.25) is 4.98 Å². The minimum Gasteiger partial charge on any atom is -0.388 e. The standard InChI is InChI=1S/C11H9BrFNOS/c12-8-1-7(2-9(13)3-8)11(15)4-10-5-14-6-16-10/h1-3,5-6,11,15H,4H2. The van der Waals surface area contributed by atoms with E-state index >= 15 is 0 Å². The van der Waals surface area contributed by atoms with Crippen molar-refractivity contribution >= 4 is 27.3 Å². The van der Waals surface area contributed by atoms with E-state index in [1.165, 1.54) is 23.5 Å². The molecule has 16 heavy (non-hydrogen) atoms. The maximum atomic E-state index is 13.1. The van der Waals surface area contributed by atoms with Crippen LogP contribution in [0.4, 0.5) is 4.39 Å². The highest BCUT2D eigenvalue weighted by atomic mass is 79.9. The Morgan fingerprint density at radius 3 is 2.88 bits per heavy atom. The largest absolute Gasteiger partial charge is 0.388 e. The summed E-state index contributed by atoms with van der Waals surface area (Å²) < 4.78 is 13.7. The van der Waals surface area contributed by atoms with E-state index in [0.29, 0.717) is 16.5 Å². The molecule has 1 aromatic carbocycles. The Morgan fingerprint density at radius 2 is 2.25 bits per heavy atom. The second-order valence-electron chi connectivity index (χ2n) is 3.39. The Labute approximate surface area is 105 Å². The van der Waals surface area contributed by atoms with E-state index in [1.807, 2.05) is 0 Å². The van der Waals surface area contributed by atoms with E-state index in [0.717, 1.165) is 4.88 Å². The first-order valence-electron chi connectivity index (χ1n) is 4.66. The molecule has 0 amide bonds. The molecule has 0 bridgehead atoms. The molecule has 1 atom stereocenters. The molecule has 1 heterocycles. The van der Waals surface area contributed by atoms with Gasteiger partial charge in [0.05, 0.1) is 11.6 Å². The van der Waals surface area contributed by atoms with Gasteiger partial charge in [-0.1, -0.05) is 15.9 Å². The Hall–Kier alpha value is -0.780. The van der Waals surface area contributed by atoms with Gasteiger partial charge in [-0.2, -0.15) is 0 Å². The number of aliphatic hydroxyl groups excluding tert-OH is 1. The maximum absolute atomic E-state index is 13.1. The third-order valence-corrected chi connectivity index (χ3v) is 3.41. The number of benzene rings is 1. The average molecular weight is 302 g/mol. The van der Waals surface area contributed by atoms with E-state index in [9.17, 15) is 9.50 Å². The van der Waals surface area contributed by atoms with Crippen molar-refractivity contribution in [1.29, 1.82) is 0 Å². The molecule has 5 heteroatoms. The number of thiazole rings is 1. The Balaban J connectivity index is 2.17. The first-order chi connectivity index (χ1) is 7.65. The van der Waals surface area contributed by atoms with Crippen molar-refractivity contribution in [2.24, 2.45) is 0 Å². The summed E-state index contributed by atoms with van der Waals surface area (Å²) in [6.45, 7) is 0. The lowest BCUT2D eigenvalue weighted by molar-refractivity contribution is 0.179. The predicted molar refractivity (Wildman–Crippen MR) is 64.9 cm³/mol. The van der Waals surface area contributed by atoms with Crippen LogP contribution in [0, 0.1) is 5.82 Å². The number of hydrogen-bond donors (Lipinski definition) is 1. The fourth-order valence-corrected chi connectivity index (χ4v) is 2.53. The van der Waals surface area contributed by atoms with Gasteiger partial charge in [0.1, 0.15) is 5.82 Å². The molecule has 1 unspecified atom stereocenters. The van der Waals surface area contributed by atoms with Crippen LogP contribution in [0.2, 0.25) is 0 Å². The van der Waals surface area contributed by atoms with Crippen LogP contribution in [0.5, 0.6) is 0 Å². The second kappa shape index (κ2) is 5.03. The maximum Gasteiger partial charge on any atom is 0.124 e. The van der Waals surface area contributed by atoms with Crippen LogP contribution >= 0.6 is 27.3 Å². The molecule has 1 N–H and O–H groups in total. The van der Waals surface area contributed by atoms with Crippen LogP contribution in [-0.2, 0) is 6.42 Å². The summed E-state index contributed by atoms with van der Waals surface area (Å²) in [5.41, 5.74) is 2.28. The van der Waals surface area contributed by atoms with E-state index in [2.05, 4.69) is 20.9 Å². The zero-order valence-electron chi connectivity index (χ0n) is 8.23. The molecule has 2 nitrogen and oxygen atoms in total. The van der Waals surface area contributed by atoms with Gasteiger partial charge in [0.15, 0.2) is 0 Å². The van der Waals surface area contributed by atoms with E-state index in [1.54, 1.807) is 17.8 Å². The molecule has 0 aliphatic rings. The highest BCUT2D eigenvalue weighted by Crippen LogP contribution is 2.24. The highest BCUT2D eigenvalue weighted by Gasteiger charge is 2.11. The topological polar surface area (TPSA) is 33.1 Å². The summed E-state index contributed by atoms with van der Waals surface area (Å²) in [5, 5.41) is 9.93. The fraction of sp³-hybridized carbons (Fsp3) is 0.182. The summed E-state index contributed by atoms with van der Waals surface area (Å²) >= 11 is 4.68. The van der Waals surface area contributed by atoms with Gasteiger partial charge in [0.25, 0.3) is 0 Å². The van der Waals surface area contributed by atoms with Gasteiger partial charge in [-0.15, -0.1) is 11.3 Å². The van der Waals surface area contributed by atoms with Crippen LogP contribution in [0.25, 0.3) is 0 Å². The number of halogens is 2. The molecule has 0 aliphatic carbocycles. The van der Waals surface area contributed by atoms with Gasteiger partial charge in [-0.25, -0.2) is 4.39 Å². The van der Waals surface area contributed by atoms with Crippen molar-refractivity contribution in [1.82, 2.24) is 4.98 Å². The third kappa shape index (κ3) is 2.87. The van der Waals surface area contributed by atoms with Gasteiger partial charge < -0.3 is 5.11 Å². The van der Waals surface area contributed by atoms with E-state index in [4.69, 9.17) is 0 Å². The first-order valence-corrected chi connectivity index (χ1v) is 6.34. The normalized spacial score (nSPS) is 12.7. The molecule has 0 saturated carbocycles. The lowest BCUT2D eigenvalue weighted by Crippen LogP contribution is -2.01. The van der Waals surface area contributed by atoms with Gasteiger partial charge in [-0.05, 0) is 23.8 Å². The van der Waals surface area contributed by atoms with Crippen LogP contribution < -0.4 is 0 Å². The second-order valence-corrected chi connectivity index (χ2v) is 5.28. The monoisotopic (exact) mass is 301 g/mol. The molecule has 0 radical (unpaired) electrons. The van der Waals surface area contributed by atoms with Crippen molar-refractivity contribution in [3.63, 3.8) is 0 Å². The van der Waals surface area contributed by atoms with Crippen molar-refractivity contribution < 1.29 is 9.50 Å². The van der Waals surface area contributed by atoms with Crippen molar-refractivity contribution in [3.8, 4) is 0 Å². The zero-order chi connectivity index (χ0) is 11.5. The number of rotatable bonds is 3. The SMILES string of the molecule is OC(Cc1cncs1)c1cc(F)cc(Br)c1. The van der Waals surface area contributed by atoms with Crippen LogP contribution in [-0.4, -0.2) is 10.1 Å². The number of aliphatic hydroxyl groups is 1. The Bertz CT molecular complexity index is 455. The predicted octanol–water partition coefficient (Wildman–Crippen LogP) is 3.32. The minimum atomic E-state index is -0.701. The summed E-state index contributed by atoms with van der Waals surface area (Å²) in [6, 6.07) is 4.42. The van der Waals surface area contributed by atoms with Crippen molar-refractivity contribution in [2.45, 2.75) is 12.5 Å². The average Bonchev–Trinajstić information content (AvgIpc) is 2.68. The first kappa shape index (κ1) is 11.7. The fourth-order valence-electron chi connectivity index (χ4n) is 1.42. The minimum absolute atomic E-state index is 0.354. The molecule has 2 aromatic rings. The third-order valence-electron chi connectivity index (χ3n) is 2.15. The van der Waals surface area contributed by atoms with Crippen LogP contribution in [0.3, 0.4) is 0 Å². The highest BCUT2D eigenvalue weighted by molar-refractivity contribution is 9.10. The zero-order valence-corrected chi connectivity index (χ0v) is 10.6. The number of nitrogens with zero attached hydrogens (tertiary/aromatic N) is 1. The number of hydrogen-bond acceptors (Lipinski definition) is 3. The molecule has 0 aliphatic heterocycles. The lowest BCUT2D eigenvalue weighted by atomic mass is 10.1. The number of aromatic nitrogens is 1. The lowest BCUT2D eigenvalue weighted by Gasteiger charge is -2.10. The Kier molecular flexibility index (Phi) is 3.68. The Morgan fingerprint density at radius 1 is 1.44 bits per heavy atom. The summed E-state index contributed by atoms with van der Waals surface area (Å²) in [4.78, 5) is 4.91. The van der Waals surface area contributed by atoms with Crippen LogP contribution in [0.1, 0.15) is 16.5 Å². The molecule has 0 saturated heterocycles. The molecule has 2 rings (SSSR count). The molecule has 84 valence electrons. The summed E-state index contributed by atoms with van der Waals surface area (Å²) in [6.07, 6.45) is 1.47. The molecule has 0 fully saturated rings.